The number of hydrogen-bond donors (Lipinski definition) is 3. The van der Waals surface area contributed by atoms with Gasteiger partial charge in [0.2, 0.25) is 11.8 Å². The van der Waals surface area contributed by atoms with Gasteiger partial charge >= 0.3 is 0 Å². The van der Waals surface area contributed by atoms with E-state index in [-0.39, 0.29) is 23.6 Å². The average Bonchev–Trinajstić information content (AvgIpc) is 3.13. The van der Waals surface area contributed by atoms with E-state index < -0.39 is 11.5 Å². The Kier molecular flexibility index (Phi) is 6.46. The van der Waals surface area contributed by atoms with Crippen molar-refractivity contribution in [1.29, 1.82) is 0 Å². The third-order valence-corrected chi connectivity index (χ3v) is 7.65. The van der Waals surface area contributed by atoms with E-state index >= 15 is 0 Å². The van der Waals surface area contributed by atoms with Crippen molar-refractivity contribution < 1.29 is 19.1 Å². The Morgan fingerprint density at radius 3 is 2.63 bits per heavy atom. The first kappa shape index (κ1) is 23.3. The first-order chi connectivity index (χ1) is 17.0. The van der Waals surface area contributed by atoms with E-state index in [2.05, 4.69) is 38.1 Å². The summed E-state index contributed by atoms with van der Waals surface area (Å²) in [5.41, 5.74) is 1.25. The van der Waals surface area contributed by atoms with Crippen LogP contribution in [0.25, 0.3) is 0 Å². The van der Waals surface area contributed by atoms with Crippen LogP contribution in [0.2, 0.25) is 0 Å². The summed E-state index contributed by atoms with van der Waals surface area (Å²) < 4.78 is 5.45. The van der Waals surface area contributed by atoms with Crippen molar-refractivity contribution in [1.82, 2.24) is 20.5 Å². The Balaban J connectivity index is 1.35. The van der Waals surface area contributed by atoms with E-state index in [1.54, 1.807) is 18.3 Å². The summed E-state index contributed by atoms with van der Waals surface area (Å²) in [5, 5.41) is 16.2. The number of ether oxygens (including phenoxy) is 1. The molecule has 10 heteroatoms. The van der Waals surface area contributed by atoms with Gasteiger partial charge in [-0.2, -0.15) is 10.2 Å². The number of aromatic nitrogens is 3. The molecule has 35 heavy (non-hydrogen) atoms. The van der Waals surface area contributed by atoms with E-state index in [9.17, 15) is 14.4 Å². The van der Waals surface area contributed by atoms with E-state index in [1.807, 2.05) is 0 Å². The Morgan fingerprint density at radius 1 is 1.14 bits per heavy atom. The summed E-state index contributed by atoms with van der Waals surface area (Å²) >= 11 is 0. The van der Waals surface area contributed by atoms with E-state index in [0.717, 1.165) is 31.2 Å². The summed E-state index contributed by atoms with van der Waals surface area (Å²) in [4.78, 5) is 43.5. The summed E-state index contributed by atoms with van der Waals surface area (Å²) in [6, 6.07) is 2.55. The smallest absolute Gasteiger partial charge is 0.253 e. The van der Waals surface area contributed by atoms with Crippen molar-refractivity contribution in [3.05, 3.63) is 41.9 Å². The van der Waals surface area contributed by atoms with Crippen LogP contribution in [0.4, 0.5) is 11.5 Å². The van der Waals surface area contributed by atoms with Gasteiger partial charge in [0.05, 0.1) is 29.1 Å². The Morgan fingerprint density at radius 2 is 1.91 bits per heavy atom. The van der Waals surface area contributed by atoms with Gasteiger partial charge in [0.15, 0.2) is 0 Å². The Bertz CT molecular complexity index is 1110. The molecule has 2 aromatic rings. The zero-order valence-corrected chi connectivity index (χ0v) is 19.8. The van der Waals surface area contributed by atoms with Crippen molar-refractivity contribution >= 4 is 29.2 Å². The van der Waals surface area contributed by atoms with Crippen molar-refractivity contribution in [2.75, 3.05) is 23.8 Å². The maximum absolute atomic E-state index is 13.4. The molecule has 10 nitrogen and oxygen atoms in total. The fraction of sp³-hybridized carbons (Fsp3) is 0.520. The highest BCUT2D eigenvalue weighted by atomic mass is 16.5. The molecule has 0 aromatic carbocycles. The van der Waals surface area contributed by atoms with Crippen molar-refractivity contribution in [2.45, 2.75) is 56.9 Å². The second-order valence-electron chi connectivity index (χ2n) is 9.86. The van der Waals surface area contributed by atoms with Crippen LogP contribution in [0.3, 0.4) is 0 Å². The average molecular weight is 479 g/mol. The summed E-state index contributed by atoms with van der Waals surface area (Å²) in [5.74, 6) is 0.228. The normalized spacial score (nSPS) is 23.7. The van der Waals surface area contributed by atoms with Crippen molar-refractivity contribution in [3.63, 3.8) is 0 Å². The number of pyridine rings is 1. The largest absolute Gasteiger partial charge is 0.381 e. The number of amides is 3. The molecule has 3 aliphatic rings. The molecule has 3 N–H and O–H groups in total. The molecule has 3 amide bonds. The predicted octanol–water partition coefficient (Wildman–Crippen LogP) is 2.44. The van der Waals surface area contributed by atoms with Crippen molar-refractivity contribution in [3.8, 4) is 0 Å². The van der Waals surface area contributed by atoms with Gasteiger partial charge < -0.3 is 20.7 Å². The molecule has 5 rings (SSSR count). The van der Waals surface area contributed by atoms with Gasteiger partial charge in [-0.25, -0.2) is 4.98 Å². The van der Waals surface area contributed by atoms with Gasteiger partial charge in [0.25, 0.3) is 5.91 Å². The van der Waals surface area contributed by atoms with Gasteiger partial charge in [-0.1, -0.05) is 19.8 Å². The molecule has 1 spiro atoms. The topological polar surface area (TPSA) is 135 Å². The molecule has 1 saturated heterocycles. The molecule has 0 radical (unpaired) electrons. The Labute approximate surface area is 203 Å². The van der Waals surface area contributed by atoms with E-state index in [4.69, 9.17) is 4.74 Å². The number of hydrogen-bond acceptors (Lipinski definition) is 7. The van der Waals surface area contributed by atoms with Crippen LogP contribution in [-0.4, -0.2) is 52.2 Å². The molecule has 2 fully saturated rings. The zero-order chi connectivity index (χ0) is 24.4. The first-order valence-electron chi connectivity index (χ1n) is 12.2. The second kappa shape index (κ2) is 9.69. The molecular formula is C25H30N6O4. The molecule has 2 aliphatic heterocycles. The highest BCUT2D eigenvalue weighted by Gasteiger charge is 2.48. The SMILES string of the molecule is CC1CCC(C(NC(=O)c2ccnnc2)C(=O)Nc2cc3c(cn2)C2(CCOCC2)C(=O)N3)CC1. The third kappa shape index (κ3) is 4.62. The number of rotatable bonds is 5. The maximum atomic E-state index is 13.4. The summed E-state index contributed by atoms with van der Waals surface area (Å²) in [6.45, 7) is 3.26. The van der Waals surface area contributed by atoms with Crippen LogP contribution < -0.4 is 16.0 Å². The van der Waals surface area contributed by atoms with Gasteiger partial charge in [-0.15, -0.1) is 0 Å². The van der Waals surface area contributed by atoms with E-state index in [1.165, 1.54) is 12.4 Å². The van der Waals surface area contributed by atoms with Gasteiger partial charge in [-0.05, 0) is 43.6 Å². The molecular weight excluding hydrogens is 448 g/mol. The third-order valence-electron chi connectivity index (χ3n) is 7.65. The van der Waals surface area contributed by atoms with Crippen LogP contribution >= 0.6 is 0 Å². The lowest BCUT2D eigenvalue weighted by atomic mass is 9.76. The lowest BCUT2D eigenvalue weighted by molar-refractivity contribution is -0.124. The fourth-order valence-corrected chi connectivity index (χ4v) is 5.46. The highest BCUT2D eigenvalue weighted by Crippen LogP contribution is 2.44. The molecule has 184 valence electrons. The number of nitrogens with zero attached hydrogens (tertiary/aromatic N) is 3. The molecule has 2 aromatic heterocycles. The predicted molar refractivity (Wildman–Crippen MR) is 128 cm³/mol. The minimum absolute atomic E-state index is 0.0181. The lowest BCUT2D eigenvalue weighted by Crippen LogP contribution is -2.49. The Hall–Kier alpha value is -3.40. The quantitative estimate of drug-likeness (QED) is 0.601. The standard InChI is InChI=1S/C25H30N6O4/c1-15-2-4-16(5-3-15)21(31-22(32)17-6-9-27-28-13-17)23(33)30-20-12-19-18(14-26-20)25(24(34)29-19)7-10-35-11-8-25/h6,9,12-16,21H,2-5,7-8,10-11H2,1H3,(H,29,34)(H,31,32)(H,26,30,33). The fourth-order valence-electron chi connectivity index (χ4n) is 5.46. The highest BCUT2D eigenvalue weighted by molar-refractivity contribution is 6.07. The minimum Gasteiger partial charge on any atom is -0.381 e. The van der Waals surface area contributed by atoms with Crippen LogP contribution in [-0.2, 0) is 19.7 Å². The molecule has 1 saturated carbocycles. The van der Waals surface area contributed by atoms with Crippen LogP contribution in [0, 0.1) is 11.8 Å². The van der Waals surface area contributed by atoms with Gasteiger partial charge in [0.1, 0.15) is 11.9 Å². The zero-order valence-electron chi connectivity index (χ0n) is 19.8. The number of carbonyl (C=O) groups excluding carboxylic acids is 3. The van der Waals surface area contributed by atoms with Gasteiger partial charge in [0, 0.05) is 31.0 Å². The first-order valence-corrected chi connectivity index (χ1v) is 12.2. The van der Waals surface area contributed by atoms with Crippen molar-refractivity contribution in [2.24, 2.45) is 11.8 Å². The summed E-state index contributed by atoms with van der Waals surface area (Å²) in [7, 11) is 0. The van der Waals surface area contributed by atoms with Crippen LogP contribution in [0.1, 0.15) is 61.4 Å². The molecule has 1 unspecified atom stereocenters. The molecule has 4 heterocycles. The number of nitrogens with one attached hydrogen (secondary N) is 3. The maximum Gasteiger partial charge on any atom is 0.253 e. The minimum atomic E-state index is -0.713. The molecule has 0 bridgehead atoms. The lowest BCUT2D eigenvalue weighted by Gasteiger charge is -2.32. The van der Waals surface area contributed by atoms with Crippen LogP contribution in [0.15, 0.2) is 30.7 Å². The van der Waals surface area contributed by atoms with E-state index in [0.29, 0.717) is 49.0 Å². The number of anilines is 2. The summed E-state index contributed by atoms with van der Waals surface area (Å²) in [6.07, 6.45) is 9.44. The molecule has 1 atom stereocenters. The number of carbonyl (C=O) groups is 3. The number of fused-ring (bicyclic) bond motifs is 2. The van der Waals surface area contributed by atoms with Gasteiger partial charge in [-0.3, -0.25) is 14.4 Å². The van der Waals surface area contributed by atoms with Crippen LogP contribution in [0.5, 0.6) is 0 Å². The second-order valence-corrected chi connectivity index (χ2v) is 9.86. The monoisotopic (exact) mass is 478 g/mol. The molecule has 1 aliphatic carbocycles.